The van der Waals surface area contributed by atoms with Crippen molar-refractivity contribution < 1.29 is 18.7 Å². The van der Waals surface area contributed by atoms with E-state index in [1.165, 1.54) is 23.5 Å². The lowest BCUT2D eigenvalue weighted by Crippen LogP contribution is -2.25. The molecule has 0 atom stereocenters. The summed E-state index contributed by atoms with van der Waals surface area (Å²) in [6.07, 6.45) is 2.11. The summed E-state index contributed by atoms with van der Waals surface area (Å²) in [6, 6.07) is 11.6. The monoisotopic (exact) mass is 425 g/mol. The number of nitrogens with one attached hydrogen (secondary N) is 1. The number of hydrogen-bond donors (Lipinski definition) is 1. The number of benzene rings is 2. The standard InChI is InChI=1S/C22H20FN3O3S/c1-28-17-7-8-20(29-2)18(10-17)19-12-26-16(13-30-22(26)25-19)9-21(27)24-11-14-3-5-15(23)6-4-14/h3-8,10,12-13H,9,11H2,1-2H3,(H,24,27). The number of aromatic nitrogens is 2. The maximum Gasteiger partial charge on any atom is 0.226 e. The minimum absolute atomic E-state index is 0.117. The number of nitrogens with zero attached hydrogens (tertiary/aromatic N) is 2. The molecule has 0 bridgehead atoms. The molecule has 8 heteroatoms. The molecule has 0 fully saturated rings. The van der Waals surface area contributed by atoms with E-state index in [2.05, 4.69) is 10.3 Å². The highest BCUT2D eigenvalue weighted by Gasteiger charge is 2.15. The van der Waals surface area contributed by atoms with E-state index < -0.39 is 0 Å². The van der Waals surface area contributed by atoms with Crippen molar-refractivity contribution in [2.24, 2.45) is 0 Å². The van der Waals surface area contributed by atoms with Gasteiger partial charge in [0.2, 0.25) is 5.91 Å². The molecule has 0 radical (unpaired) electrons. The Hall–Kier alpha value is -3.39. The third-order valence-electron chi connectivity index (χ3n) is 4.71. The number of imidazole rings is 1. The Kier molecular flexibility index (Phi) is 5.67. The second-order valence-corrected chi connectivity index (χ2v) is 7.49. The van der Waals surface area contributed by atoms with Crippen molar-refractivity contribution in [3.63, 3.8) is 0 Å². The molecule has 1 amide bonds. The SMILES string of the molecule is COc1ccc(OC)c(-c2cn3c(CC(=O)NCc4ccc(F)cc4)csc3n2)c1. The first-order chi connectivity index (χ1) is 14.6. The molecule has 1 N–H and O–H groups in total. The minimum Gasteiger partial charge on any atom is -0.497 e. The van der Waals surface area contributed by atoms with Gasteiger partial charge >= 0.3 is 0 Å². The van der Waals surface area contributed by atoms with Gasteiger partial charge < -0.3 is 14.8 Å². The van der Waals surface area contributed by atoms with Gasteiger partial charge in [-0.3, -0.25) is 9.20 Å². The number of ether oxygens (including phenoxy) is 2. The molecule has 4 aromatic rings. The second kappa shape index (κ2) is 8.54. The number of methoxy groups -OCH3 is 2. The third-order valence-corrected chi connectivity index (χ3v) is 5.60. The molecule has 0 spiro atoms. The Bertz CT molecular complexity index is 1180. The number of amides is 1. The zero-order valence-corrected chi connectivity index (χ0v) is 17.3. The lowest BCUT2D eigenvalue weighted by atomic mass is 10.1. The molecule has 2 aromatic carbocycles. The number of fused-ring (bicyclic) bond motifs is 1. The molecule has 0 saturated heterocycles. The van der Waals surface area contributed by atoms with Gasteiger partial charge in [0.15, 0.2) is 4.96 Å². The van der Waals surface area contributed by atoms with Gasteiger partial charge in [-0.15, -0.1) is 11.3 Å². The van der Waals surface area contributed by atoms with Crippen molar-refractivity contribution in [2.75, 3.05) is 14.2 Å². The van der Waals surface area contributed by atoms with Crippen LogP contribution in [0.4, 0.5) is 4.39 Å². The van der Waals surface area contributed by atoms with Crippen molar-refractivity contribution in [2.45, 2.75) is 13.0 Å². The predicted octanol–water partition coefficient (Wildman–Crippen LogP) is 4.08. The molecule has 2 heterocycles. The van der Waals surface area contributed by atoms with E-state index >= 15 is 0 Å². The maximum absolute atomic E-state index is 13.0. The number of carbonyl (C=O) groups is 1. The van der Waals surface area contributed by atoms with Crippen LogP contribution in [-0.4, -0.2) is 29.5 Å². The van der Waals surface area contributed by atoms with E-state index in [1.807, 2.05) is 34.2 Å². The summed E-state index contributed by atoms with van der Waals surface area (Å²) in [5.41, 5.74) is 3.24. The summed E-state index contributed by atoms with van der Waals surface area (Å²) in [5.74, 6) is 0.991. The number of thiazole rings is 1. The zero-order chi connectivity index (χ0) is 21.1. The first-order valence-corrected chi connectivity index (χ1v) is 10.1. The molecule has 6 nitrogen and oxygen atoms in total. The van der Waals surface area contributed by atoms with Crippen LogP contribution >= 0.6 is 11.3 Å². The highest BCUT2D eigenvalue weighted by Crippen LogP contribution is 2.34. The fourth-order valence-corrected chi connectivity index (χ4v) is 4.00. The number of carbonyl (C=O) groups excluding carboxylic acids is 1. The quantitative estimate of drug-likeness (QED) is 0.485. The number of rotatable bonds is 7. The Morgan fingerprint density at radius 1 is 1.17 bits per heavy atom. The number of hydrogen-bond acceptors (Lipinski definition) is 5. The van der Waals surface area contributed by atoms with Gasteiger partial charge in [0.1, 0.15) is 17.3 Å². The molecule has 2 aromatic heterocycles. The topological polar surface area (TPSA) is 64.9 Å². The highest BCUT2D eigenvalue weighted by molar-refractivity contribution is 7.15. The van der Waals surface area contributed by atoms with Crippen LogP contribution in [0.1, 0.15) is 11.3 Å². The van der Waals surface area contributed by atoms with Gasteiger partial charge in [-0.2, -0.15) is 0 Å². The molecule has 0 saturated carbocycles. The van der Waals surface area contributed by atoms with Gasteiger partial charge in [-0.25, -0.2) is 9.37 Å². The summed E-state index contributed by atoms with van der Waals surface area (Å²) in [5, 5.41) is 4.79. The Labute approximate surface area is 176 Å². The van der Waals surface area contributed by atoms with Gasteiger partial charge in [0, 0.05) is 29.4 Å². The summed E-state index contributed by atoms with van der Waals surface area (Å²) in [4.78, 5) is 17.9. The normalized spacial score (nSPS) is 10.9. The molecular formula is C22H20FN3O3S. The summed E-state index contributed by atoms with van der Waals surface area (Å²) in [6.45, 7) is 0.350. The van der Waals surface area contributed by atoms with Crippen LogP contribution in [0.3, 0.4) is 0 Å². The fourth-order valence-electron chi connectivity index (χ4n) is 3.13. The van der Waals surface area contributed by atoms with Crippen LogP contribution in [-0.2, 0) is 17.8 Å². The van der Waals surface area contributed by atoms with Crippen molar-refractivity contribution in [1.82, 2.24) is 14.7 Å². The maximum atomic E-state index is 13.0. The Balaban J connectivity index is 1.52. The van der Waals surface area contributed by atoms with E-state index in [4.69, 9.17) is 9.47 Å². The van der Waals surface area contributed by atoms with Gasteiger partial charge in [0.25, 0.3) is 0 Å². The highest BCUT2D eigenvalue weighted by atomic mass is 32.1. The Morgan fingerprint density at radius 3 is 2.70 bits per heavy atom. The van der Waals surface area contributed by atoms with Crippen LogP contribution in [0, 0.1) is 5.82 Å². The minimum atomic E-state index is -0.297. The summed E-state index contributed by atoms with van der Waals surface area (Å²) >= 11 is 1.47. The number of halogens is 1. The second-order valence-electron chi connectivity index (χ2n) is 6.65. The van der Waals surface area contributed by atoms with E-state index in [9.17, 15) is 9.18 Å². The summed E-state index contributed by atoms with van der Waals surface area (Å²) in [7, 11) is 3.22. The first kappa shape index (κ1) is 19.9. The van der Waals surface area contributed by atoms with Crippen LogP contribution < -0.4 is 14.8 Å². The Morgan fingerprint density at radius 2 is 1.97 bits per heavy atom. The van der Waals surface area contributed by atoms with Gasteiger partial charge in [0.05, 0.1) is 26.3 Å². The molecule has 0 unspecified atom stereocenters. The molecule has 0 aliphatic rings. The average Bonchev–Trinajstić information content (AvgIpc) is 3.34. The van der Waals surface area contributed by atoms with Gasteiger partial charge in [-0.1, -0.05) is 12.1 Å². The zero-order valence-electron chi connectivity index (χ0n) is 16.5. The third kappa shape index (κ3) is 4.13. The van der Waals surface area contributed by atoms with Crippen LogP contribution in [0.5, 0.6) is 11.5 Å². The first-order valence-electron chi connectivity index (χ1n) is 9.26. The van der Waals surface area contributed by atoms with E-state index in [0.717, 1.165) is 27.5 Å². The molecule has 0 aliphatic carbocycles. The van der Waals surface area contributed by atoms with E-state index in [1.54, 1.807) is 26.4 Å². The van der Waals surface area contributed by atoms with Crippen molar-refractivity contribution in [3.05, 3.63) is 71.1 Å². The smallest absolute Gasteiger partial charge is 0.226 e. The van der Waals surface area contributed by atoms with Crippen LogP contribution in [0.2, 0.25) is 0 Å². The van der Waals surface area contributed by atoms with Gasteiger partial charge in [-0.05, 0) is 35.9 Å². The van der Waals surface area contributed by atoms with Crippen molar-refractivity contribution >= 4 is 22.2 Å². The largest absolute Gasteiger partial charge is 0.497 e. The molecule has 4 rings (SSSR count). The lowest BCUT2D eigenvalue weighted by Gasteiger charge is -2.08. The summed E-state index contributed by atoms with van der Waals surface area (Å²) < 4.78 is 25.7. The van der Waals surface area contributed by atoms with Crippen molar-refractivity contribution in [1.29, 1.82) is 0 Å². The van der Waals surface area contributed by atoms with E-state index in [-0.39, 0.29) is 18.1 Å². The molecule has 30 heavy (non-hydrogen) atoms. The molecular weight excluding hydrogens is 405 g/mol. The molecule has 154 valence electrons. The molecule has 0 aliphatic heterocycles. The van der Waals surface area contributed by atoms with Crippen molar-refractivity contribution in [3.8, 4) is 22.8 Å². The predicted molar refractivity (Wildman–Crippen MR) is 114 cm³/mol. The van der Waals surface area contributed by atoms with Crippen LogP contribution in [0.25, 0.3) is 16.2 Å². The lowest BCUT2D eigenvalue weighted by molar-refractivity contribution is -0.120. The fraction of sp³-hybridized carbons (Fsp3) is 0.182. The average molecular weight is 425 g/mol. The van der Waals surface area contributed by atoms with Crippen LogP contribution in [0.15, 0.2) is 54.0 Å². The van der Waals surface area contributed by atoms with E-state index in [0.29, 0.717) is 18.0 Å².